The van der Waals surface area contributed by atoms with Crippen LogP contribution in [-0.4, -0.2) is 62.7 Å². The molecule has 0 N–H and O–H groups in total. The SMILES string of the molecule is CCN1CCN([C@H](c2ccccc2F)c2nnnn2C(C)(C)C)CC1. The quantitative estimate of drug-likeness (QED) is 0.850. The van der Waals surface area contributed by atoms with Crippen molar-refractivity contribution in [3.8, 4) is 0 Å². The summed E-state index contributed by atoms with van der Waals surface area (Å²) in [5.41, 5.74) is 0.362. The molecule has 1 fully saturated rings. The molecule has 0 radical (unpaired) electrons. The summed E-state index contributed by atoms with van der Waals surface area (Å²) in [6, 6.07) is 6.66. The lowest BCUT2D eigenvalue weighted by Gasteiger charge is -2.39. The molecular formula is C18H27FN6. The van der Waals surface area contributed by atoms with Gasteiger partial charge in [-0.1, -0.05) is 25.1 Å². The minimum absolute atomic E-state index is 0.214. The van der Waals surface area contributed by atoms with Crippen molar-refractivity contribution >= 4 is 0 Å². The first kappa shape index (κ1) is 17.9. The zero-order valence-corrected chi connectivity index (χ0v) is 15.5. The molecule has 1 aliphatic heterocycles. The molecule has 1 aromatic heterocycles. The molecule has 1 aliphatic rings. The van der Waals surface area contributed by atoms with E-state index in [2.05, 4.69) is 53.0 Å². The molecule has 1 saturated heterocycles. The normalized spacial score (nSPS) is 18.4. The van der Waals surface area contributed by atoms with Crippen molar-refractivity contribution in [1.82, 2.24) is 30.0 Å². The highest BCUT2D eigenvalue weighted by molar-refractivity contribution is 5.27. The van der Waals surface area contributed by atoms with Gasteiger partial charge in [0, 0.05) is 31.7 Å². The standard InChI is InChI=1S/C18H27FN6/c1-5-23-10-12-24(13-11-23)16(14-8-6-7-9-15(14)19)17-20-21-22-25(17)18(2,3)4/h6-9,16H,5,10-13H2,1-4H3/t16-/m1/s1. The summed E-state index contributed by atoms with van der Waals surface area (Å²) in [7, 11) is 0. The molecule has 6 nitrogen and oxygen atoms in total. The second-order valence-electron chi connectivity index (χ2n) is 7.51. The largest absolute Gasteiger partial charge is 0.301 e. The molecule has 0 aliphatic carbocycles. The van der Waals surface area contributed by atoms with E-state index in [1.54, 1.807) is 6.07 Å². The summed E-state index contributed by atoms with van der Waals surface area (Å²) >= 11 is 0. The van der Waals surface area contributed by atoms with Crippen LogP contribution in [0.1, 0.15) is 45.1 Å². The number of aromatic nitrogens is 4. The third-order valence-electron chi connectivity index (χ3n) is 4.79. The fraction of sp³-hybridized carbons (Fsp3) is 0.611. The van der Waals surface area contributed by atoms with Crippen molar-refractivity contribution in [2.24, 2.45) is 0 Å². The van der Waals surface area contributed by atoms with Crippen LogP contribution in [0, 0.1) is 5.82 Å². The average Bonchev–Trinajstić information content (AvgIpc) is 3.07. The van der Waals surface area contributed by atoms with Crippen LogP contribution in [0.5, 0.6) is 0 Å². The van der Waals surface area contributed by atoms with E-state index in [9.17, 15) is 4.39 Å². The Kier molecular flexibility index (Phi) is 5.15. The first-order valence-corrected chi connectivity index (χ1v) is 8.91. The monoisotopic (exact) mass is 346 g/mol. The summed E-state index contributed by atoms with van der Waals surface area (Å²) in [4.78, 5) is 4.69. The van der Waals surface area contributed by atoms with Crippen molar-refractivity contribution in [1.29, 1.82) is 0 Å². The van der Waals surface area contributed by atoms with Gasteiger partial charge in [-0.3, -0.25) is 4.90 Å². The predicted octanol–water partition coefficient (Wildman–Crippen LogP) is 2.29. The van der Waals surface area contributed by atoms with E-state index < -0.39 is 0 Å². The maximum absolute atomic E-state index is 14.6. The molecule has 0 saturated carbocycles. The van der Waals surface area contributed by atoms with Crippen LogP contribution in [0.4, 0.5) is 4.39 Å². The summed E-state index contributed by atoms with van der Waals surface area (Å²) in [6.45, 7) is 13.0. The van der Waals surface area contributed by atoms with Crippen LogP contribution in [-0.2, 0) is 5.54 Å². The van der Waals surface area contributed by atoms with E-state index in [4.69, 9.17) is 0 Å². The summed E-state index contributed by atoms with van der Waals surface area (Å²) in [5, 5.41) is 12.4. The van der Waals surface area contributed by atoms with Gasteiger partial charge in [-0.2, -0.15) is 0 Å². The Bertz CT molecular complexity index is 700. The summed E-state index contributed by atoms with van der Waals surface area (Å²) in [6.07, 6.45) is 0. The fourth-order valence-corrected chi connectivity index (χ4v) is 3.38. The van der Waals surface area contributed by atoms with Gasteiger partial charge in [0.1, 0.15) is 11.9 Å². The number of halogens is 1. The highest BCUT2D eigenvalue weighted by atomic mass is 19.1. The van der Waals surface area contributed by atoms with Crippen molar-refractivity contribution in [2.45, 2.75) is 39.3 Å². The number of hydrogen-bond acceptors (Lipinski definition) is 5. The number of tetrazole rings is 1. The minimum Gasteiger partial charge on any atom is -0.301 e. The van der Waals surface area contributed by atoms with Crippen molar-refractivity contribution in [3.05, 3.63) is 41.5 Å². The first-order valence-electron chi connectivity index (χ1n) is 8.91. The van der Waals surface area contributed by atoms with Crippen molar-refractivity contribution < 1.29 is 4.39 Å². The highest BCUT2D eigenvalue weighted by Gasteiger charge is 2.34. The molecular weight excluding hydrogens is 319 g/mol. The Hall–Kier alpha value is -1.86. The third kappa shape index (κ3) is 3.72. The lowest BCUT2D eigenvalue weighted by Crippen LogP contribution is -2.48. The Morgan fingerprint density at radius 3 is 2.40 bits per heavy atom. The number of likely N-dealkylation sites (N-methyl/N-ethyl adjacent to an activating group) is 1. The van der Waals surface area contributed by atoms with Gasteiger partial charge in [0.15, 0.2) is 5.82 Å². The molecule has 2 heterocycles. The molecule has 25 heavy (non-hydrogen) atoms. The van der Waals surface area contributed by atoms with E-state index in [1.165, 1.54) is 6.07 Å². The van der Waals surface area contributed by atoms with Crippen LogP contribution in [0.2, 0.25) is 0 Å². The number of hydrogen-bond donors (Lipinski definition) is 0. The average molecular weight is 346 g/mol. The lowest BCUT2D eigenvalue weighted by molar-refractivity contribution is 0.104. The van der Waals surface area contributed by atoms with Gasteiger partial charge in [-0.15, -0.1) is 5.10 Å². The first-order chi connectivity index (χ1) is 11.9. The minimum atomic E-state index is -0.283. The Morgan fingerprint density at radius 2 is 1.80 bits per heavy atom. The van der Waals surface area contributed by atoms with Gasteiger partial charge in [-0.05, 0) is 43.8 Å². The van der Waals surface area contributed by atoms with E-state index in [0.29, 0.717) is 11.4 Å². The zero-order chi connectivity index (χ0) is 18.0. The predicted molar refractivity (Wildman–Crippen MR) is 94.7 cm³/mol. The maximum Gasteiger partial charge on any atom is 0.173 e. The van der Waals surface area contributed by atoms with Gasteiger partial charge in [-0.25, -0.2) is 9.07 Å². The van der Waals surface area contributed by atoms with Crippen LogP contribution < -0.4 is 0 Å². The number of nitrogens with zero attached hydrogens (tertiary/aromatic N) is 6. The van der Waals surface area contributed by atoms with Gasteiger partial charge in [0.25, 0.3) is 0 Å². The molecule has 7 heteroatoms. The van der Waals surface area contributed by atoms with Crippen LogP contribution >= 0.6 is 0 Å². The Balaban J connectivity index is 2.02. The third-order valence-corrected chi connectivity index (χ3v) is 4.79. The highest BCUT2D eigenvalue weighted by Crippen LogP contribution is 2.31. The fourth-order valence-electron chi connectivity index (χ4n) is 3.38. The second-order valence-corrected chi connectivity index (χ2v) is 7.51. The molecule has 2 aromatic rings. The van der Waals surface area contributed by atoms with Gasteiger partial charge >= 0.3 is 0 Å². The second kappa shape index (κ2) is 7.17. The molecule has 0 amide bonds. The van der Waals surface area contributed by atoms with E-state index in [-0.39, 0.29) is 17.4 Å². The van der Waals surface area contributed by atoms with Crippen LogP contribution in [0.25, 0.3) is 0 Å². The number of piperazine rings is 1. The van der Waals surface area contributed by atoms with Crippen LogP contribution in [0.15, 0.2) is 24.3 Å². The Morgan fingerprint density at radius 1 is 1.12 bits per heavy atom. The van der Waals surface area contributed by atoms with Gasteiger partial charge < -0.3 is 4.90 Å². The van der Waals surface area contributed by atoms with Crippen LogP contribution in [0.3, 0.4) is 0 Å². The van der Waals surface area contributed by atoms with E-state index in [0.717, 1.165) is 32.7 Å². The number of rotatable bonds is 4. The molecule has 1 atom stereocenters. The zero-order valence-electron chi connectivity index (χ0n) is 15.5. The molecule has 3 rings (SSSR count). The summed E-state index contributed by atoms with van der Waals surface area (Å²) < 4.78 is 16.5. The lowest BCUT2D eigenvalue weighted by atomic mass is 10.0. The molecule has 0 spiro atoms. The summed E-state index contributed by atoms with van der Waals surface area (Å²) in [5.74, 6) is 0.483. The molecule has 0 bridgehead atoms. The maximum atomic E-state index is 14.6. The van der Waals surface area contributed by atoms with Gasteiger partial charge in [0.05, 0.1) is 5.54 Å². The number of benzene rings is 1. The van der Waals surface area contributed by atoms with E-state index >= 15 is 0 Å². The van der Waals surface area contributed by atoms with Gasteiger partial charge in [0.2, 0.25) is 0 Å². The Labute approximate surface area is 148 Å². The van der Waals surface area contributed by atoms with E-state index in [1.807, 2.05) is 16.8 Å². The molecule has 1 aromatic carbocycles. The van der Waals surface area contributed by atoms with Crippen molar-refractivity contribution in [3.63, 3.8) is 0 Å². The topological polar surface area (TPSA) is 50.1 Å². The molecule has 0 unspecified atom stereocenters. The van der Waals surface area contributed by atoms with Crippen molar-refractivity contribution in [2.75, 3.05) is 32.7 Å². The molecule has 136 valence electrons. The smallest absolute Gasteiger partial charge is 0.173 e.